The number of aryl methyl sites for hydroxylation is 2. The molecular formula is C39H72O2Si. The Bertz CT molecular complexity index is 852. The van der Waals surface area contributed by atoms with Crippen LogP contribution in [-0.4, -0.2) is 20.3 Å². The van der Waals surface area contributed by atoms with Gasteiger partial charge in [0, 0.05) is 0 Å². The Balaban J connectivity index is 1.67. The Kier molecular flexibility index (Phi) is 17.2. The molecule has 2 rings (SSSR count). The Morgan fingerprint density at radius 3 is 2.00 bits per heavy atom. The molecule has 0 spiro atoms. The van der Waals surface area contributed by atoms with Crippen LogP contribution in [0, 0.1) is 24.7 Å². The highest BCUT2D eigenvalue weighted by Gasteiger charge is 2.32. The molecule has 0 fully saturated rings. The van der Waals surface area contributed by atoms with Crippen molar-refractivity contribution in [3.8, 4) is 11.5 Å². The minimum absolute atomic E-state index is 0.0292. The molecule has 0 amide bonds. The summed E-state index contributed by atoms with van der Waals surface area (Å²) in [6, 6.07) is 10.4. The zero-order valence-electron chi connectivity index (χ0n) is 29.8. The quantitative estimate of drug-likeness (QED) is 0.0918. The zero-order chi connectivity index (χ0) is 31.0. The van der Waals surface area contributed by atoms with Gasteiger partial charge in [-0.25, -0.2) is 0 Å². The second kappa shape index (κ2) is 19.4. The highest BCUT2D eigenvalue weighted by Crippen LogP contribution is 2.40. The van der Waals surface area contributed by atoms with Crippen LogP contribution in [0.1, 0.15) is 156 Å². The molecule has 0 saturated heterocycles. The molecule has 42 heavy (non-hydrogen) atoms. The smallest absolute Gasteiger partial charge is 0.126 e. The lowest BCUT2D eigenvalue weighted by Gasteiger charge is -2.37. The first-order valence-corrected chi connectivity index (χ1v) is 21.3. The summed E-state index contributed by atoms with van der Waals surface area (Å²) < 4.78 is 13.0. The largest absolute Gasteiger partial charge is 0.494 e. The third-order valence-corrected chi connectivity index (χ3v) is 16.9. The zero-order valence-corrected chi connectivity index (χ0v) is 30.8. The Labute approximate surface area is 264 Å². The van der Waals surface area contributed by atoms with E-state index < -0.39 is 8.07 Å². The summed E-state index contributed by atoms with van der Waals surface area (Å²) >= 11 is 0. The van der Waals surface area contributed by atoms with Crippen molar-refractivity contribution in [2.75, 3.05) is 6.61 Å². The molecule has 0 N–H and O–H groups in total. The van der Waals surface area contributed by atoms with Gasteiger partial charge >= 0.3 is 0 Å². The van der Waals surface area contributed by atoms with Crippen molar-refractivity contribution in [3.05, 3.63) is 23.3 Å². The molecule has 0 aromatic heterocycles. The van der Waals surface area contributed by atoms with E-state index >= 15 is 0 Å². The molecule has 1 aromatic carbocycles. The summed E-state index contributed by atoms with van der Waals surface area (Å²) in [6.45, 7) is 22.3. The van der Waals surface area contributed by atoms with E-state index in [1.54, 1.807) is 0 Å². The summed E-state index contributed by atoms with van der Waals surface area (Å²) in [7, 11) is -0.940. The second-order valence-electron chi connectivity index (χ2n) is 15.2. The van der Waals surface area contributed by atoms with Gasteiger partial charge in [0.2, 0.25) is 0 Å². The lowest BCUT2D eigenvalue weighted by atomic mass is 9.85. The van der Waals surface area contributed by atoms with Gasteiger partial charge < -0.3 is 9.47 Å². The maximum Gasteiger partial charge on any atom is 0.126 e. The predicted octanol–water partition coefficient (Wildman–Crippen LogP) is 13.0. The van der Waals surface area contributed by atoms with Gasteiger partial charge in [-0.15, -0.1) is 0 Å². The van der Waals surface area contributed by atoms with E-state index in [-0.39, 0.29) is 5.60 Å². The fraction of sp³-hybridized carbons (Fsp3) is 0.846. The number of fused-ring (bicyclic) bond motifs is 1. The molecule has 3 heteroatoms. The van der Waals surface area contributed by atoms with E-state index in [2.05, 4.69) is 74.4 Å². The number of hydrogen-bond acceptors (Lipinski definition) is 2. The van der Waals surface area contributed by atoms with Crippen molar-refractivity contribution < 1.29 is 9.47 Å². The topological polar surface area (TPSA) is 18.5 Å². The van der Waals surface area contributed by atoms with Gasteiger partial charge in [0.15, 0.2) is 0 Å². The maximum absolute atomic E-state index is 6.73. The molecule has 1 aromatic rings. The van der Waals surface area contributed by atoms with Crippen molar-refractivity contribution in [2.24, 2.45) is 17.8 Å². The first-order chi connectivity index (χ1) is 20.0. The number of hydrogen-bond donors (Lipinski definition) is 0. The highest BCUT2D eigenvalue weighted by atomic mass is 28.3. The standard InChI is InChI=1S/C39H72O2Si/c1-10-42(11-2,12-3)29-16-14-13-15-28-40-37-30-35(8)38-36(31-37)25-27-39(9,41-38)26-19-24-34(7)23-18-22-33(6)21-17-20-32(4)5/h30-34H,10-29H2,1-9H3/t33-,34-,39-/m0/s1. The van der Waals surface area contributed by atoms with E-state index in [1.165, 1.54) is 119 Å². The third kappa shape index (κ3) is 13.4. The molecule has 0 unspecified atom stereocenters. The van der Waals surface area contributed by atoms with Gasteiger partial charge in [0.05, 0.1) is 14.7 Å². The van der Waals surface area contributed by atoms with Crippen molar-refractivity contribution in [1.82, 2.24) is 0 Å². The average molecular weight is 601 g/mol. The normalized spacial score (nSPS) is 18.5. The fourth-order valence-corrected chi connectivity index (χ4v) is 10.9. The molecule has 1 aliphatic rings. The molecule has 0 radical (unpaired) electrons. The van der Waals surface area contributed by atoms with Crippen molar-refractivity contribution in [1.29, 1.82) is 0 Å². The highest BCUT2D eigenvalue weighted by molar-refractivity contribution is 6.79. The van der Waals surface area contributed by atoms with E-state index in [0.29, 0.717) is 0 Å². The van der Waals surface area contributed by atoms with Gasteiger partial charge in [-0.3, -0.25) is 0 Å². The van der Waals surface area contributed by atoms with E-state index in [0.717, 1.165) is 48.7 Å². The lowest BCUT2D eigenvalue weighted by molar-refractivity contribution is 0.0514. The Morgan fingerprint density at radius 1 is 0.786 bits per heavy atom. The van der Waals surface area contributed by atoms with Crippen LogP contribution < -0.4 is 9.47 Å². The summed E-state index contributed by atoms with van der Waals surface area (Å²) in [4.78, 5) is 0. The number of rotatable bonds is 23. The monoisotopic (exact) mass is 601 g/mol. The maximum atomic E-state index is 6.73. The van der Waals surface area contributed by atoms with Crippen LogP contribution in [0.2, 0.25) is 24.2 Å². The van der Waals surface area contributed by atoms with Gasteiger partial charge in [-0.1, -0.05) is 137 Å². The fourth-order valence-electron chi connectivity index (χ4n) is 7.33. The van der Waals surface area contributed by atoms with Crippen molar-refractivity contribution in [2.45, 2.75) is 188 Å². The number of unbranched alkanes of at least 4 members (excludes halogenated alkanes) is 3. The van der Waals surface area contributed by atoms with E-state index in [9.17, 15) is 0 Å². The molecule has 2 nitrogen and oxygen atoms in total. The average Bonchev–Trinajstić information content (AvgIpc) is 2.95. The minimum Gasteiger partial charge on any atom is -0.494 e. The van der Waals surface area contributed by atoms with Gasteiger partial charge in [-0.05, 0) is 87.0 Å². The van der Waals surface area contributed by atoms with Gasteiger partial charge in [0.25, 0.3) is 0 Å². The lowest BCUT2D eigenvalue weighted by Crippen LogP contribution is -2.36. The minimum atomic E-state index is -0.940. The van der Waals surface area contributed by atoms with E-state index in [4.69, 9.17) is 9.47 Å². The molecule has 0 bridgehead atoms. The SMILES string of the molecule is CC[Si](CC)(CC)CCCCCCOc1cc(C)c2c(c1)CC[C@](C)(CCC[C@@H](C)CCC[C@@H](C)CCCC(C)C)O2. The van der Waals surface area contributed by atoms with Crippen LogP contribution in [-0.2, 0) is 6.42 Å². The van der Waals surface area contributed by atoms with Crippen LogP contribution in [0.4, 0.5) is 0 Å². The predicted molar refractivity (Wildman–Crippen MR) is 189 cm³/mol. The number of benzene rings is 1. The summed E-state index contributed by atoms with van der Waals surface area (Å²) in [5.74, 6) is 4.74. The third-order valence-electron chi connectivity index (χ3n) is 11.0. The van der Waals surface area contributed by atoms with Crippen molar-refractivity contribution in [3.63, 3.8) is 0 Å². The van der Waals surface area contributed by atoms with Crippen LogP contribution in [0.3, 0.4) is 0 Å². The molecule has 0 aliphatic carbocycles. The van der Waals surface area contributed by atoms with Crippen LogP contribution in [0.15, 0.2) is 12.1 Å². The Hall–Kier alpha value is -0.963. The van der Waals surface area contributed by atoms with E-state index in [1.807, 2.05) is 0 Å². The van der Waals surface area contributed by atoms with Gasteiger partial charge in [-0.2, -0.15) is 0 Å². The molecule has 1 heterocycles. The van der Waals surface area contributed by atoms with Crippen LogP contribution in [0.5, 0.6) is 11.5 Å². The van der Waals surface area contributed by atoms with Crippen molar-refractivity contribution >= 4 is 8.07 Å². The summed E-state index contributed by atoms with van der Waals surface area (Å²) in [5, 5.41) is 0. The summed E-state index contributed by atoms with van der Waals surface area (Å²) in [6.07, 6.45) is 19.6. The summed E-state index contributed by atoms with van der Waals surface area (Å²) in [5.41, 5.74) is 2.56. The molecular weight excluding hydrogens is 529 g/mol. The van der Waals surface area contributed by atoms with Crippen LogP contribution >= 0.6 is 0 Å². The van der Waals surface area contributed by atoms with Crippen LogP contribution in [0.25, 0.3) is 0 Å². The second-order valence-corrected chi connectivity index (χ2v) is 20.8. The number of ether oxygens (including phenoxy) is 2. The first kappa shape index (κ1) is 37.2. The molecule has 3 atom stereocenters. The molecule has 0 saturated carbocycles. The Morgan fingerprint density at radius 2 is 1.38 bits per heavy atom. The molecule has 244 valence electrons. The first-order valence-electron chi connectivity index (χ1n) is 18.5. The van der Waals surface area contributed by atoms with Gasteiger partial charge in [0.1, 0.15) is 17.1 Å². The molecule has 1 aliphatic heterocycles.